The number of aryl methyl sites for hydroxylation is 2. The molecule has 2 aromatic carbocycles. The minimum Gasteiger partial charge on any atom is -0.489 e. The Morgan fingerprint density at radius 3 is 2.50 bits per heavy atom. The largest absolute Gasteiger partial charge is 0.489 e. The first-order valence-corrected chi connectivity index (χ1v) is 10.7. The molecule has 0 spiro atoms. The summed E-state index contributed by atoms with van der Waals surface area (Å²) >= 11 is 2.41. The van der Waals surface area contributed by atoms with Crippen molar-refractivity contribution < 1.29 is 9.53 Å². The Balaban J connectivity index is 1.75. The summed E-state index contributed by atoms with van der Waals surface area (Å²) in [5.74, 6) is 2.03. The van der Waals surface area contributed by atoms with Crippen LogP contribution in [0.25, 0.3) is 0 Å². The molecule has 1 fully saturated rings. The van der Waals surface area contributed by atoms with Gasteiger partial charge >= 0.3 is 0 Å². The quantitative estimate of drug-likeness (QED) is 0.414. The van der Waals surface area contributed by atoms with Crippen LogP contribution in [-0.2, 0) is 24.2 Å². The lowest BCUT2D eigenvalue weighted by molar-refractivity contribution is -0.118. The van der Waals surface area contributed by atoms with Crippen molar-refractivity contribution in [3.8, 4) is 5.75 Å². The first-order valence-electron chi connectivity index (χ1n) is 9.66. The molecule has 0 radical (unpaired) electrons. The van der Waals surface area contributed by atoms with E-state index in [1.54, 1.807) is 0 Å². The third kappa shape index (κ3) is 4.87. The van der Waals surface area contributed by atoms with Crippen molar-refractivity contribution in [2.24, 2.45) is 0 Å². The molecule has 0 heterocycles. The lowest BCUT2D eigenvalue weighted by Gasteiger charge is -2.16. The number of carbonyl (C=O) groups is 1. The van der Waals surface area contributed by atoms with E-state index in [2.05, 4.69) is 59.8 Å². The Hall–Kier alpha value is -1.36. The summed E-state index contributed by atoms with van der Waals surface area (Å²) in [4.78, 5) is 11.7. The molecule has 0 saturated heterocycles. The zero-order valence-electron chi connectivity index (χ0n) is 15.7. The summed E-state index contributed by atoms with van der Waals surface area (Å²) in [5.41, 5.74) is 5.20. The van der Waals surface area contributed by atoms with Gasteiger partial charge in [-0.05, 0) is 82.5 Å². The van der Waals surface area contributed by atoms with Crippen LogP contribution >= 0.6 is 22.6 Å². The fraction of sp³-hybridized carbons (Fsp3) is 0.435. The van der Waals surface area contributed by atoms with Crippen LogP contribution in [0, 0.1) is 3.57 Å². The van der Waals surface area contributed by atoms with Gasteiger partial charge in [0.1, 0.15) is 18.1 Å². The number of halogens is 1. The number of ether oxygens (including phenoxy) is 1. The van der Waals surface area contributed by atoms with Crippen LogP contribution in [0.3, 0.4) is 0 Å². The van der Waals surface area contributed by atoms with Crippen LogP contribution in [0.4, 0.5) is 0 Å². The molecular formula is C23H27IO2. The van der Waals surface area contributed by atoms with E-state index in [0.717, 1.165) is 18.6 Å². The Labute approximate surface area is 170 Å². The fourth-order valence-electron chi connectivity index (χ4n) is 3.28. The van der Waals surface area contributed by atoms with Crippen molar-refractivity contribution in [2.45, 2.75) is 64.9 Å². The summed E-state index contributed by atoms with van der Waals surface area (Å²) in [6.45, 7) is 4.71. The molecule has 0 bridgehead atoms. The van der Waals surface area contributed by atoms with Gasteiger partial charge in [0.2, 0.25) is 0 Å². The number of benzene rings is 2. The van der Waals surface area contributed by atoms with Gasteiger partial charge in [-0.25, -0.2) is 0 Å². The van der Waals surface area contributed by atoms with E-state index >= 15 is 0 Å². The normalized spacial score (nSPS) is 13.7. The number of ketones is 1. The first kappa shape index (κ1) is 19.4. The molecular weight excluding hydrogens is 435 g/mol. The highest BCUT2D eigenvalue weighted by Crippen LogP contribution is 2.45. The van der Waals surface area contributed by atoms with Crippen molar-refractivity contribution in [3.63, 3.8) is 0 Å². The summed E-state index contributed by atoms with van der Waals surface area (Å²) in [7, 11) is 0. The summed E-state index contributed by atoms with van der Waals surface area (Å²) in [6, 6.07) is 12.9. The molecule has 138 valence electrons. The summed E-state index contributed by atoms with van der Waals surface area (Å²) in [5, 5.41) is 0. The molecule has 3 rings (SSSR count). The van der Waals surface area contributed by atoms with Crippen molar-refractivity contribution in [3.05, 3.63) is 62.2 Å². The van der Waals surface area contributed by atoms with Crippen molar-refractivity contribution in [1.29, 1.82) is 0 Å². The molecule has 26 heavy (non-hydrogen) atoms. The Bertz CT molecular complexity index is 778. The predicted molar refractivity (Wildman–Crippen MR) is 115 cm³/mol. The molecule has 0 N–H and O–H groups in total. The molecule has 1 saturated carbocycles. The van der Waals surface area contributed by atoms with Gasteiger partial charge < -0.3 is 4.74 Å². The number of hydrogen-bond acceptors (Lipinski definition) is 2. The zero-order valence-corrected chi connectivity index (χ0v) is 17.8. The second-order valence-corrected chi connectivity index (χ2v) is 8.22. The molecule has 1 aliphatic rings. The Morgan fingerprint density at radius 2 is 1.85 bits per heavy atom. The van der Waals surface area contributed by atoms with Gasteiger partial charge in [0.25, 0.3) is 0 Å². The molecule has 0 unspecified atom stereocenters. The van der Waals surface area contributed by atoms with E-state index in [-0.39, 0.29) is 0 Å². The number of hydrogen-bond donors (Lipinski definition) is 0. The lowest BCUT2D eigenvalue weighted by atomic mass is 10.0. The molecule has 0 amide bonds. The van der Waals surface area contributed by atoms with E-state index in [9.17, 15) is 4.79 Å². The van der Waals surface area contributed by atoms with Crippen LogP contribution < -0.4 is 4.74 Å². The van der Waals surface area contributed by atoms with Crippen LogP contribution in [0.2, 0.25) is 0 Å². The van der Waals surface area contributed by atoms with Gasteiger partial charge in [-0.2, -0.15) is 0 Å². The molecule has 1 aliphatic carbocycles. The van der Waals surface area contributed by atoms with Crippen LogP contribution in [0.1, 0.15) is 67.7 Å². The van der Waals surface area contributed by atoms with Crippen LogP contribution in [-0.4, -0.2) is 5.78 Å². The molecule has 3 heteroatoms. The maximum Gasteiger partial charge on any atom is 0.132 e. The maximum atomic E-state index is 11.7. The van der Waals surface area contributed by atoms with E-state index in [1.165, 1.54) is 38.7 Å². The molecule has 0 aromatic heterocycles. The fourth-order valence-corrected chi connectivity index (χ4v) is 4.10. The van der Waals surface area contributed by atoms with Crippen LogP contribution in [0.15, 0.2) is 36.4 Å². The third-order valence-electron chi connectivity index (χ3n) is 5.15. The molecule has 0 atom stereocenters. The monoisotopic (exact) mass is 462 g/mol. The van der Waals surface area contributed by atoms with Crippen molar-refractivity contribution in [1.82, 2.24) is 0 Å². The van der Waals surface area contributed by atoms with Crippen LogP contribution in [0.5, 0.6) is 5.75 Å². The van der Waals surface area contributed by atoms with Gasteiger partial charge in [-0.15, -0.1) is 0 Å². The smallest absolute Gasteiger partial charge is 0.132 e. The number of Topliss-reactive ketones (excluding diaryl/α,β-unsaturated/α-hetero) is 1. The summed E-state index contributed by atoms with van der Waals surface area (Å²) in [6.07, 6.45) is 5.64. The Morgan fingerprint density at radius 1 is 1.12 bits per heavy atom. The lowest BCUT2D eigenvalue weighted by Crippen LogP contribution is -2.05. The molecule has 0 aliphatic heterocycles. The van der Waals surface area contributed by atoms with Gasteiger partial charge in [0.05, 0.1) is 0 Å². The van der Waals surface area contributed by atoms with Gasteiger partial charge in [0.15, 0.2) is 0 Å². The number of rotatable bonds is 9. The number of carbonyl (C=O) groups excluding carboxylic acids is 1. The topological polar surface area (TPSA) is 26.3 Å². The average Bonchev–Trinajstić information content (AvgIpc) is 3.50. The van der Waals surface area contributed by atoms with E-state index in [4.69, 9.17) is 4.74 Å². The van der Waals surface area contributed by atoms with Gasteiger partial charge in [-0.3, -0.25) is 4.79 Å². The summed E-state index contributed by atoms with van der Waals surface area (Å²) < 4.78 is 7.57. The SMILES string of the molecule is CCC(=O)CCc1ccccc1COc1cc(I)c(CC)cc1C1CC1. The van der Waals surface area contributed by atoms with Gasteiger partial charge in [0, 0.05) is 16.4 Å². The van der Waals surface area contributed by atoms with E-state index in [1.807, 2.05) is 13.0 Å². The van der Waals surface area contributed by atoms with Crippen molar-refractivity contribution in [2.75, 3.05) is 0 Å². The Kier molecular flexibility index (Phi) is 6.74. The standard InChI is InChI=1S/C23H27IO2/c1-3-16-13-21(18-9-10-18)23(14-22(16)24)26-15-19-8-6-5-7-17(19)11-12-20(25)4-2/h5-8,13-14,18H,3-4,9-12,15H2,1-2H3. The second kappa shape index (κ2) is 9.03. The van der Waals surface area contributed by atoms with Gasteiger partial charge in [-0.1, -0.05) is 44.2 Å². The third-order valence-corrected chi connectivity index (χ3v) is 6.15. The zero-order chi connectivity index (χ0) is 18.5. The predicted octanol–water partition coefficient (Wildman–Crippen LogP) is 6.22. The van der Waals surface area contributed by atoms with E-state index < -0.39 is 0 Å². The minimum atomic E-state index is 0.321. The highest BCUT2D eigenvalue weighted by Gasteiger charge is 2.27. The minimum absolute atomic E-state index is 0.321. The average molecular weight is 462 g/mol. The highest BCUT2D eigenvalue weighted by atomic mass is 127. The highest BCUT2D eigenvalue weighted by molar-refractivity contribution is 14.1. The van der Waals surface area contributed by atoms with Crippen molar-refractivity contribution >= 4 is 28.4 Å². The first-order chi connectivity index (χ1) is 12.6. The maximum absolute atomic E-state index is 11.7. The second-order valence-electron chi connectivity index (χ2n) is 7.06. The van der Waals surface area contributed by atoms with E-state index in [0.29, 0.717) is 31.1 Å². The molecule has 2 aromatic rings. The molecule has 2 nitrogen and oxygen atoms in total.